The van der Waals surface area contributed by atoms with Crippen LogP contribution in [0.25, 0.3) is 11.1 Å². The van der Waals surface area contributed by atoms with Crippen molar-refractivity contribution in [3.05, 3.63) is 41.8 Å². The summed E-state index contributed by atoms with van der Waals surface area (Å²) >= 11 is 0. The van der Waals surface area contributed by atoms with Crippen LogP contribution >= 0.6 is 0 Å². The molecule has 1 aromatic heterocycles. The highest BCUT2D eigenvalue weighted by atomic mass is 16.5. The Kier molecular flexibility index (Phi) is 2.69. The van der Waals surface area contributed by atoms with Crippen molar-refractivity contribution < 1.29 is 9.26 Å². The van der Waals surface area contributed by atoms with E-state index in [1.54, 1.807) is 12.5 Å². The van der Waals surface area contributed by atoms with Crippen molar-refractivity contribution in [1.29, 1.82) is 0 Å². The number of rotatable bonds is 1. The fourth-order valence-corrected chi connectivity index (χ4v) is 2.47. The third-order valence-electron chi connectivity index (χ3n) is 3.33. The van der Waals surface area contributed by atoms with Gasteiger partial charge in [0, 0.05) is 12.2 Å². The molecular formula is C14H15NO2. The molecule has 0 fully saturated rings. The van der Waals surface area contributed by atoms with Crippen LogP contribution in [0.3, 0.4) is 0 Å². The molecule has 3 nitrogen and oxygen atoms in total. The van der Waals surface area contributed by atoms with E-state index in [0.717, 1.165) is 25.0 Å². The Morgan fingerprint density at radius 1 is 1.35 bits per heavy atom. The third kappa shape index (κ3) is 1.87. The molecule has 2 heterocycles. The molecule has 1 aliphatic heterocycles. The second-order valence-electron chi connectivity index (χ2n) is 4.40. The largest absolute Gasteiger partial charge is 0.374 e. The van der Waals surface area contributed by atoms with Gasteiger partial charge < -0.3 is 9.26 Å². The molecule has 3 rings (SSSR count). The van der Waals surface area contributed by atoms with Gasteiger partial charge in [0.15, 0.2) is 0 Å². The van der Waals surface area contributed by atoms with E-state index >= 15 is 0 Å². The SMILES string of the molecule is C[C@H]1OCCCc2c(-c3cnoc3)cccc21. The first kappa shape index (κ1) is 10.5. The number of aromatic nitrogens is 1. The minimum atomic E-state index is 0.173. The summed E-state index contributed by atoms with van der Waals surface area (Å²) in [7, 11) is 0. The zero-order valence-electron chi connectivity index (χ0n) is 9.85. The zero-order chi connectivity index (χ0) is 11.7. The maximum Gasteiger partial charge on any atom is 0.131 e. The highest BCUT2D eigenvalue weighted by Crippen LogP contribution is 2.33. The minimum Gasteiger partial charge on any atom is -0.374 e. The molecular weight excluding hydrogens is 214 g/mol. The Balaban J connectivity index is 2.15. The lowest BCUT2D eigenvalue weighted by molar-refractivity contribution is 0.0699. The first-order valence-electron chi connectivity index (χ1n) is 5.99. The van der Waals surface area contributed by atoms with Gasteiger partial charge in [-0.2, -0.15) is 0 Å². The van der Waals surface area contributed by atoms with Gasteiger partial charge >= 0.3 is 0 Å². The molecule has 1 aliphatic rings. The average Bonchev–Trinajstić information content (AvgIpc) is 2.81. The van der Waals surface area contributed by atoms with Gasteiger partial charge in [0.05, 0.1) is 12.3 Å². The molecule has 17 heavy (non-hydrogen) atoms. The van der Waals surface area contributed by atoms with Crippen molar-refractivity contribution in [1.82, 2.24) is 5.16 Å². The van der Waals surface area contributed by atoms with Gasteiger partial charge in [0.25, 0.3) is 0 Å². The lowest BCUT2D eigenvalue weighted by Crippen LogP contribution is -2.00. The van der Waals surface area contributed by atoms with Crippen LogP contribution in [-0.4, -0.2) is 11.8 Å². The van der Waals surface area contributed by atoms with Gasteiger partial charge in [-0.05, 0) is 36.5 Å². The summed E-state index contributed by atoms with van der Waals surface area (Å²) in [5.41, 5.74) is 4.94. The number of benzene rings is 1. The molecule has 88 valence electrons. The summed E-state index contributed by atoms with van der Waals surface area (Å²) in [6.07, 6.45) is 5.77. The Hall–Kier alpha value is -1.61. The Bertz CT molecular complexity index is 505. The van der Waals surface area contributed by atoms with Crippen LogP contribution in [0.4, 0.5) is 0 Å². The fraction of sp³-hybridized carbons (Fsp3) is 0.357. The van der Waals surface area contributed by atoms with E-state index in [4.69, 9.17) is 9.26 Å². The standard InChI is InChI=1S/C14H15NO2/c1-10-12-4-2-5-13(11-8-15-17-9-11)14(12)6-3-7-16-10/h2,4-5,8-10H,3,6-7H2,1H3/t10-/m1/s1. The summed E-state index contributed by atoms with van der Waals surface area (Å²) in [5.74, 6) is 0. The highest BCUT2D eigenvalue weighted by Gasteiger charge is 2.18. The van der Waals surface area contributed by atoms with E-state index in [1.807, 2.05) is 0 Å². The molecule has 0 unspecified atom stereocenters. The van der Waals surface area contributed by atoms with Crippen LogP contribution in [0.15, 0.2) is 35.2 Å². The summed E-state index contributed by atoms with van der Waals surface area (Å²) in [4.78, 5) is 0. The van der Waals surface area contributed by atoms with E-state index < -0.39 is 0 Å². The molecule has 1 atom stereocenters. The molecule has 0 N–H and O–H groups in total. The van der Waals surface area contributed by atoms with Crippen molar-refractivity contribution in [2.45, 2.75) is 25.9 Å². The van der Waals surface area contributed by atoms with Gasteiger partial charge in [-0.25, -0.2) is 0 Å². The average molecular weight is 229 g/mol. The van der Waals surface area contributed by atoms with Crippen molar-refractivity contribution in [3.63, 3.8) is 0 Å². The highest BCUT2D eigenvalue weighted by molar-refractivity contribution is 5.67. The van der Waals surface area contributed by atoms with Gasteiger partial charge in [-0.15, -0.1) is 0 Å². The maximum absolute atomic E-state index is 5.76. The number of hydrogen-bond acceptors (Lipinski definition) is 3. The lowest BCUT2D eigenvalue weighted by Gasteiger charge is -2.15. The molecule has 0 amide bonds. The third-order valence-corrected chi connectivity index (χ3v) is 3.33. The fourth-order valence-electron chi connectivity index (χ4n) is 2.47. The van der Waals surface area contributed by atoms with Gasteiger partial charge in [0.1, 0.15) is 6.26 Å². The van der Waals surface area contributed by atoms with Crippen molar-refractivity contribution in [2.24, 2.45) is 0 Å². The van der Waals surface area contributed by atoms with Crippen LogP contribution in [-0.2, 0) is 11.2 Å². The van der Waals surface area contributed by atoms with Crippen molar-refractivity contribution >= 4 is 0 Å². The molecule has 3 heteroatoms. The molecule has 0 saturated heterocycles. The number of nitrogens with zero attached hydrogens (tertiary/aromatic N) is 1. The topological polar surface area (TPSA) is 35.3 Å². The van der Waals surface area contributed by atoms with E-state index in [0.29, 0.717) is 0 Å². The Morgan fingerprint density at radius 2 is 2.29 bits per heavy atom. The van der Waals surface area contributed by atoms with Gasteiger partial charge in [0.2, 0.25) is 0 Å². The predicted octanol–water partition coefficient (Wildman–Crippen LogP) is 3.37. The first-order valence-corrected chi connectivity index (χ1v) is 5.99. The molecule has 0 aliphatic carbocycles. The van der Waals surface area contributed by atoms with E-state index in [2.05, 4.69) is 30.3 Å². The number of ether oxygens (including phenoxy) is 1. The van der Waals surface area contributed by atoms with Crippen molar-refractivity contribution in [2.75, 3.05) is 6.61 Å². The molecule has 0 spiro atoms. The van der Waals surface area contributed by atoms with Gasteiger partial charge in [-0.3, -0.25) is 0 Å². The van der Waals surface area contributed by atoms with E-state index in [-0.39, 0.29) is 6.10 Å². The predicted molar refractivity (Wildman–Crippen MR) is 64.6 cm³/mol. The zero-order valence-corrected chi connectivity index (χ0v) is 9.85. The maximum atomic E-state index is 5.76. The molecule has 2 aromatic rings. The van der Waals surface area contributed by atoms with Crippen molar-refractivity contribution in [3.8, 4) is 11.1 Å². The van der Waals surface area contributed by atoms with Crippen LogP contribution < -0.4 is 0 Å². The van der Waals surface area contributed by atoms with Gasteiger partial charge in [-0.1, -0.05) is 23.4 Å². The van der Waals surface area contributed by atoms with E-state index in [9.17, 15) is 0 Å². The normalized spacial score (nSPS) is 19.7. The monoisotopic (exact) mass is 229 g/mol. The van der Waals surface area contributed by atoms with Crippen LogP contribution in [0.1, 0.15) is 30.6 Å². The summed E-state index contributed by atoms with van der Waals surface area (Å²) in [5, 5.41) is 3.78. The molecule has 1 aromatic carbocycles. The summed E-state index contributed by atoms with van der Waals surface area (Å²) in [6.45, 7) is 2.94. The minimum absolute atomic E-state index is 0.173. The Labute approximate surface area is 100 Å². The first-order chi connectivity index (χ1) is 8.36. The molecule has 0 saturated carbocycles. The Morgan fingerprint density at radius 3 is 3.12 bits per heavy atom. The molecule has 0 radical (unpaired) electrons. The second kappa shape index (κ2) is 4.34. The number of hydrogen-bond donors (Lipinski definition) is 0. The summed E-state index contributed by atoms with van der Waals surface area (Å²) < 4.78 is 10.7. The van der Waals surface area contributed by atoms with Crippen LogP contribution in [0.2, 0.25) is 0 Å². The van der Waals surface area contributed by atoms with Crippen LogP contribution in [0.5, 0.6) is 0 Å². The number of fused-ring (bicyclic) bond motifs is 1. The van der Waals surface area contributed by atoms with E-state index in [1.165, 1.54) is 16.7 Å². The summed E-state index contributed by atoms with van der Waals surface area (Å²) in [6, 6.07) is 6.36. The molecule has 0 bridgehead atoms. The quantitative estimate of drug-likeness (QED) is 0.752. The van der Waals surface area contributed by atoms with Crippen LogP contribution in [0, 0.1) is 0 Å². The lowest BCUT2D eigenvalue weighted by atomic mass is 9.92. The smallest absolute Gasteiger partial charge is 0.131 e. The second-order valence-corrected chi connectivity index (χ2v) is 4.40.